The number of rotatable bonds is 5. The van der Waals surface area contributed by atoms with Gasteiger partial charge in [-0.3, -0.25) is 9.32 Å². The van der Waals surface area contributed by atoms with Crippen LogP contribution in [-0.2, 0) is 0 Å². The third-order valence-corrected chi connectivity index (χ3v) is 4.66. The number of ketones is 1. The second-order valence-electron chi connectivity index (χ2n) is 5.58. The maximum Gasteiger partial charge on any atom is 0.438 e. The maximum atomic E-state index is 12.6. The summed E-state index contributed by atoms with van der Waals surface area (Å²) in [5, 5.41) is 12.2. The fourth-order valence-electron chi connectivity index (χ4n) is 2.51. The molecular weight excluding hydrogens is 352 g/mol. The van der Waals surface area contributed by atoms with E-state index in [9.17, 15) is 14.9 Å². The third kappa shape index (κ3) is 3.43. The van der Waals surface area contributed by atoms with Crippen LogP contribution >= 0.6 is 11.8 Å². The second-order valence-corrected chi connectivity index (χ2v) is 6.55. The Labute approximate surface area is 153 Å². The van der Waals surface area contributed by atoms with Crippen LogP contribution in [0.25, 0.3) is 5.69 Å². The number of hydrogen-bond acceptors (Lipinski definition) is 6. The molecule has 0 atom stereocenters. The summed E-state index contributed by atoms with van der Waals surface area (Å²) in [6.45, 7) is 3.65. The zero-order valence-electron chi connectivity index (χ0n) is 14.1. The molecule has 8 heteroatoms. The standard InChI is InChI=1S/C18H14N4O3S/c1-11-8-12(2)20-17(14(11)9-19)26-10-15(23)16-18(24)25-21-22(16)13-6-4-3-5-7-13/h3-8H,10H2,1-2H3/p+1. The van der Waals surface area contributed by atoms with Gasteiger partial charge in [0, 0.05) is 17.8 Å². The van der Waals surface area contributed by atoms with E-state index in [-0.39, 0.29) is 11.4 Å². The summed E-state index contributed by atoms with van der Waals surface area (Å²) in [4.78, 5) is 28.9. The normalized spacial score (nSPS) is 10.5. The highest BCUT2D eigenvalue weighted by Gasteiger charge is 2.30. The van der Waals surface area contributed by atoms with Crippen molar-refractivity contribution in [1.29, 1.82) is 5.26 Å². The molecule has 0 amide bonds. The van der Waals surface area contributed by atoms with Crippen LogP contribution in [0.2, 0.25) is 0 Å². The predicted molar refractivity (Wildman–Crippen MR) is 94.3 cm³/mol. The SMILES string of the molecule is Cc1cc(C)c(C#N)c(SCC(=O)c2c(=O)o[nH][n+]2-c2ccccc2)n1. The molecule has 7 nitrogen and oxygen atoms in total. The second kappa shape index (κ2) is 7.37. The minimum Gasteiger partial charge on any atom is -0.286 e. The molecule has 3 rings (SSSR count). The number of thioether (sulfide) groups is 1. The fourth-order valence-corrected chi connectivity index (χ4v) is 3.48. The molecule has 0 unspecified atom stereocenters. The van der Waals surface area contributed by atoms with E-state index in [0.29, 0.717) is 16.3 Å². The van der Waals surface area contributed by atoms with Gasteiger partial charge in [-0.25, -0.2) is 9.78 Å². The summed E-state index contributed by atoms with van der Waals surface area (Å²) >= 11 is 1.13. The molecule has 0 aliphatic heterocycles. The molecule has 0 radical (unpaired) electrons. The smallest absolute Gasteiger partial charge is 0.286 e. The number of nitrogens with zero attached hydrogens (tertiary/aromatic N) is 3. The first kappa shape index (κ1) is 17.6. The number of carbonyl (C=O) groups excluding carboxylic acids is 1. The quantitative estimate of drug-likeness (QED) is 0.421. The minimum atomic E-state index is -0.742. The van der Waals surface area contributed by atoms with E-state index in [1.54, 1.807) is 24.3 Å². The molecule has 130 valence electrons. The van der Waals surface area contributed by atoms with Crippen LogP contribution in [0.5, 0.6) is 0 Å². The number of carbonyl (C=O) groups is 1. The number of nitrogens with one attached hydrogen (secondary N) is 1. The van der Waals surface area contributed by atoms with Crippen molar-refractivity contribution in [2.45, 2.75) is 18.9 Å². The zero-order valence-corrected chi connectivity index (χ0v) is 15.0. The Kier molecular flexibility index (Phi) is 5.00. The number of nitriles is 1. The Balaban J connectivity index is 1.88. The monoisotopic (exact) mass is 367 g/mol. The molecule has 0 fully saturated rings. The van der Waals surface area contributed by atoms with Gasteiger partial charge in [0.15, 0.2) is 0 Å². The number of hydrogen-bond donors (Lipinski definition) is 1. The average Bonchev–Trinajstić information content (AvgIpc) is 3.01. The highest BCUT2D eigenvalue weighted by atomic mass is 32.2. The van der Waals surface area contributed by atoms with Crippen molar-refractivity contribution in [3.05, 3.63) is 69.3 Å². The van der Waals surface area contributed by atoms with Crippen molar-refractivity contribution in [3.8, 4) is 11.8 Å². The van der Waals surface area contributed by atoms with Crippen molar-refractivity contribution < 1.29 is 14.0 Å². The van der Waals surface area contributed by atoms with Gasteiger partial charge in [0.2, 0.25) is 11.5 Å². The summed E-state index contributed by atoms with van der Waals surface area (Å²) < 4.78 is 6.10. The van der Waals surface area contributed by atoms with Crippen LogP contribution in [0, 0.1) is 25.2 Å². The molecule has 0 spiro atoms. The topological polar surface area (TPSA) is 104 Å². The molecule has 1 aromatic carbocycles. The van der Waals surface area contributed by atoms with Gasteiger partial charge in [-0.15, -0.1) is 0 Å². The van der Waals surface area contributed by atoms with Gasteiger partial charge in [-0.2, -0.15) is 5.26 Å². The Bertz CT molecular complexity index is 1060. The lowest BCUT2D eigenvalue weighted by molar-refractivity contribution is -0.672. The van der Waals surface area contributed by atoms with Gasteiger partial charge >= 0.3 is 11.3 Å². The molecule has 0 saturated heterocycles. The molecule has 0 aliphatic rings. The largest absolute Gasteiger partial charge is 0.438 e. The Morgan fingerprint density at radius 1 is 1.35 bits per heavy atom. The van der Waals surface area contributed by atoms with E-state index < -0.39 is 11.4 Å². The Hall–Kier alpha value is -3.18. The number of benzene rings is 1. The zero-order chi connectivity index (χ0) is 18.7. The van der Waals surface area contributed by atoms with E-state index in [4.69, 9.17) is 4.52 Å². The third-order valence-electron chi connectivity index (χ3n) is 3.69. The van der Waals surface area contributed by atoms with Crippen LogP contribution in [0.4, 0.5) is 0 Å². The minimum absolute atomic E-state index is 0.0416. The number of H-pyrrole nitrogens is 1. The van der Waals surface area contributed by atoms with Crippen LogP contribution in [-0.4, -0.2) is 21.8 Å². The van der Waals surface area contributed by atoms with E-state index in [1.165, 1.54) is 4.68 Å². The van der Waals surface area contributed by atoms with E-state index in [0.717, 1.165) is 23.0 Å². The van der Waals surface area contributed by atoms with Gasteiger partial charge in [-0.1, -0.05) is 30.0 Å². The summed E-state index contributed by atoms with van der Waals surface area (Å²) in [6, 6.07) is 12.8. The Morgan fingerprint density at radius 3 is 2.77 bits per heavy atom. The van der Waals surface area contributed by atoms with E-state index in [2.05, 4.69) is 16.3 Å². The van der Waals surface area contributed by atoms with E-state index in [1.807, 2.05) is 26.0 Å². The molecule has 0 saturated carbocycles. The lowest BCUT2D eigenvalue weighted by atomic mass is 10.1. The summed E-state index contributed by atoms with van der Waals surface area (Å²) in [7, 11) is 0. The summed E-state index contributed by atoms with van der Waals surface area (Å²) in [6.07, 6.45) is 0. The maximum absolute atomic E-state index is 12.6. The van der Waals surface area contributed by atoms with Crippen LogP contribution in [0.3, 0.4) is 0 Å². The lowest BCUT2D eigenvalue weighted by Gasteiger charge is -2.05. The number of aromatic amines is 1. The first-order valence-corrected chi connectivity index (χ1v) is 8.73. The van der Waals surface area contributed by atoms with Gasteiger partial charge in [0.05, 0.1) is 11.3 Å². The lowest BCUT2D eigenvalue weighted by Crippen LogP contribution is -2.41. The fraction of sp³-hybridized carbons (Fsp3) is 0.167. The Morgan fingerprint density at radius 2 is 2.08 bits per heavy atom. The molecule has 0 bridgehead atoms. The molecular formula is C18H15N4O3S+. The van der Waals surface area contributed by atoms with Crippen molar-refractivity contribution in [1.82, 2.24) is 10.3 Å². The number of aromatic nitrogens is 3. The first-order chi connectivity index (χ1) is 12.5. The molecule has 2 heterocycles. The van der Waals surface area contributed by atoms with Crippen LogP contribution in [0.1, 0.15) is 27.3 Å². The predicted octanol–water partition coefficient (Wildman–Crippen LogP) is 2.10. The van der Waals surface area contributed by atoms with Crippen LogP contribution in [0.15, 0.2) is 50.7 Å². The molecule has 3 aromatic rings. The van der Waals surface area contributed by atoms with E-state index >= 15 is 0 Å². The van der Waals surface area contributed by atoms with Crippen molar-refractivity contribution in [2.24, 2.45) is 0 Å². The molecule has 26 heavy (non-hydrogen) atoms. The summed E-state index contributed by atoms with van der Waals surface area (Å²) in [5.74, 6) is -0.460. The van der Waals surface area contributed by atoms with Gasteiger partial charge < -0.3 is 0 Å². The number of aryl methyl sites for hydroxylation is 2. The molecule has 2 aromatic heterocycles. The van der Waals surface area contributed by atoms with Crippen molar-refractivity contribution in [3.63, 3.8) is 0 Å². The van der Waals surface area contributed by atoms with Gasteiger partial charge in [-0.05, 0) is 35.4 Å². The summed E-state index contributed by atoms with van der Waals surface area (Å²) in [5.41, 5.74) is 1.76. The molecule has 1 N–H and O–H groups in total. The number of Topliss-reactive ketones (excluding diaryl/α,β-unsaturated/α-hetero) is 1. The first-order valence-electron chi connectivity index (χ1n) is 7.74. The number of para-hydroxylation sites is 1. The van der Waals surface area contributed by atoms with Crippen LogP contribution < -0.4 is 10.3 Å². The highest BCUT2D eigenvalue weighted by Crippen LogP contribution is 2.24. The highest BCUT2D eigenvalue weighted by molar-refractivity contribution is 8.00. The van der Waals surface area contributed by atoms with Crippen molar-refractivity contribution >= 4 is 17.5 Å². The van der Waals surface area contributed by atoms with Crippen molar-refractivity contribution in [2.75, 3.05) is 5.75 Å². The van der Waals surface area contributed by atoms with Gasteiger partial charge in [0.25, 0.3) is 0 Å². The molecule has 0 aliphatic carbocycles. The average molecular weight is 367 g/mol. The number of pyridine rings is 1. The van der Waals surface area contributed by atoms with Gasteiger partial charge in [0.1, 0.15) is 11.1 Å².